The van der Waals surface area contributed by atoms with E-state index in [9.17, 15) is 14.4 Å². The zero-order valence-electron chi connectivity index (χ0n) is 22.4. The highest BCUT2D eigenvalue weighted by molar-refractivity contribution is 6.33. The van der Waals surface area contributed by atoms with Crippen molar-refractivity contribution in [3.05, 3.63) is 40.5 Å². The summed E-state index contributed by atoms with van der Waals surface area (Å²) in [5.74, 6) is 0.356. The highest BCUT2D eigenvalue weighted by Crippen LogP contribution is 2.32. The van der Waals surface area contributed by atoms with E-state index in [1.54, 1.807) is 24.1 Å². The van der Waals surface area contributed by atoms with Crippen LogP contribution in [0.2, 0.25) is 5.02 Å². The minimum atomic E-state index is -0.202. The van der Waals surface area contributed by atoms with E-state index in [4.69, 9.17) is 16.3 Å². The van der Waals surface area contributed by atoms with Gasteiger partial charge in [0, 0.05) is 63.0 Å². The van der Waals surface area contributed by atoms with Gasteiger partial charge in [0.2, 0.25) is 17.8 Å². The van der Waals surface area contributed by atoms with Gasteiger partial charge in [-0.15, -0.1) is 0 Å². The third-order valence-corrected chi connectivity index (χ3v) is 8.17. The molecule has 0 radical (unpaired) electrons. The molecule has 10 nitrogen and oxygen atoms in total. The first-order valence-electron chi connectivity index (χ1n) is 13.6. The first kappa shape index (κ1) is 27.3. The van der Waals surface area contributed by atoms with Gasteiger partial charge in [0.25, 0.3) is 5.91 Å². The van der Waals surface area contributed by atoms with Gasteiger partial charge in [0.05, 0.1) is 16.9 Å². The predicted molar refractivity (Wildman–Crippen MR) is 147 cm³/mol. The first-order chi connectivity index (χ1) is 18.8. The number of hydrogen-bond acceptors (Lipinski definition) is 7. The zero-order valence-corrected chi connectivity index (χ0v) is 23.2. The number of benzene rings is 1. The Morgan fingerprint density at radius 3 is 2.79 bits per heavy atom. The van der Waals surface area contributed by atoms with Crippen LogP contribution in [0.5, 0.6) is 0 Å². The molecule has 2 saturated heterocycles. The van der Waals surface area contributed by atoms with E-state index < -0.39 is 0 Å². The number of piperidine rings is 1. The number of nitrogens with one attached hydrogen (secondary N) is 2. The highest BCUT2D eigenvalue weighted by atomic mass is 35.5. The summed E-state index contributed by atoms with van der Waals surface area (Å²) in [6, 6.07) is 5.74. The van der Waals surface area contributed by atoms with Crippen LogP contribution in [0.1, 0.15) is 55.5 Å². The Hall–Kier alpha value is -3.24. The number of carbonyl (C=O) groups excluding carboxylic acids is 3. The molecular weight excluding hydrogens is 520 g/mol. The molecule has 0 spiro atoms. The fraction of sp³-hybridized carbons (Fsp3) is 0.536. The predicted octanol–water partition coefficient (Wildman–Crippen LogP) is 3.11. The molecule has 39 heavy (non-hydrogen) atoms. The van der Waals surface area contributed by atoms with Crippen LogP contribution in [0.4, 0.5) is 5.95 Å². The average Bonchev–Trinajstić information content (AvgIpc) is 3.24. The molecular formula is C28H35ClN6O4. The summed E-state index contributed by atoms with van der Waals surface area (Å²) in [5.41, 5.74) is 2.68. The molecule has 5 rings (SSSR count). The Bertz CT molecular complexity index is 1250. The van der Waals surface area contributed by atoms with E-state index in [1.165, 1.54) is 0 Å². The molecule has 3 aliphatic heterocycles. The largest absolute Gasteiger partial charge is 0.381 e. The van der Waals surface area contributed by atoms with Crippen LogP contribution in [-0.2, 0) is 20.9 Å². The number of nitrogens with zero attached hydrogens (tertiary/aromatic N) is 4. The Morgan fingerprint density at radius 2 is 2.03 bits per heavy atom. The maximum atomic E-state index is 13.2. The molecule has 0 aliphatic carbocycles. The minimum absolute atomic E-state index is 0.0240. The second-order valence-corrected chi connectivity index (χ2v) is 11.1. The van der Waals surface area contributed by atoms with Crippen LogP contribution >= 0.6 is 11.6 Å². The van der Waals surface area contributed by atoms with Gasteiger partial charge >= 0.3 is 0 Å². The lowest BCUT2D eigenvalue weighted by molar-refractivity contribution is -0.130. The fourth-order valence-corrected chi connectivity index (χ4v) is 5.79. The van der Waals surface area contributed by atoms with Crippen LogP contribution in [-0.4, -0.2) is 82.4 Å². The van der Waals surface area contributed by atoms with Crippen LogP contribution in [0.3, 0.4) is 0 Å². The maximum Gasteiger partial charge on any atom is 0.254 e. The summed E-state index contributed by atoms with van der Waals surface area (Å²) >= 11 is 6.45. The van der Waals surface area contributed by atoms with Crippen LogP contribution in [0.25, 0.3) is 11.3 Å². The summed E-state index contributed by atoms with van der Waals surface area (Å²) in [6.07, 6.45) is 5.22. The van der Waals surface area contributed by atoms with Gasteiger partial charge in [-0.25, -0.2) is 9.97 Å². The lowest BCUT2D eigenvalue weighted by atomic mass is 9.91. The summed E-state index contributed by atoms with van der Waals surface area (Å²) in [7, 11) is 0. The topological polar surface area (TPSA) is 117 Å². The van der Waals surface area contributed by atoms with Crippen molar-refractivity contribution in [2.24, 2.45) is 5.92 Å². The number of hydrogen-bond donors (Lipinski definition) is 2. The number of carbonyl (C=O) groups is 3. The van der Waals surface area contributed by atoms with Crippen molar-refractivity contribution >= 4 is 35.3 Å². The average molecular weight is 555 g/mol. The molecule has 3 aliphatic rings. The van der Waals surface area contributed by atoms with Crippen molar-refractivity contribution in [1.82, 2.24) is 25.1 Å². The normalized spacial score (nSPS) is 20.5. The number of likely N-dealkylation sites (tertiary alicyclic amines) is 1. The number of ether oxygens (including phenoxy) is 1. The van der Waals surface area contributed by atoms with Gasteiger partial charge in [-0.05, 0) is 50.2 Å². The van der Waals surface area contributed by atoms with Crippen LogP contribution < -0.4 is 10.6 Å². The summed E-state index contributed by atoms with van der Waals surface area (Å²) < 4.78 is 5.42. The van der Waals surface area contributed by atoms with Gasteiger partial charge in [-0.2, -0.15) is 0 Å². The quantitative estimate of drug-likeness (QED) is 0.540. The van der Waals surface area contributed by atoms with Crippen molar-refractivity contribution in [2.45, 2.75) is 58.2 Å². The minimum Gasteiger partial charge on any atom is -0.381 e. The molecule has 1 aromatic heterocycles. The van der Waals surface area contributed by atoms with Gasteiger partial charge in [0.1, 0.15) is 6.54 Å². The Balaban J connectivity index is 1.22. The van der Waals surface area contributed by atoms with E-state index >= 15 is 0 Å². The summed E-state index contributed by atoms with van der Waals surface area (Å²) in [4.78, 5) is 50.2. The molecule has 2 N–H and O–H groups in total. The lowest BCUT2D eigenvalue weighted by Crippen LogP contribution is -2.49. The van der Waals surface area contributed by atoms with Gasteiger partial charge in [0.15, 0.2) is 0 Å². The Kier molecular flexibility index (Phi) is 8.32. The number of aromatic nitrogens is 2. The maximum absolute atomic E-state index is 13.2. The number of amides is 3. The van der Waals surface area contributed by atoms with Crippen LogP contribution in [0, 0.1) is 5.92 Å². The monoisotopic (exact) mass is 554 g/mol. The van der Waals surface area contributed by atoms with Crippen molar-refractivity contribution in [3.8, 4) is 11.3 Å². The van der Waals surface area contributed by atoms with Gasteiger partial charge < -0.3 is 25.2 Å². The van der Waals surface area contributed by atoms with Crippen molar-refractivity contribution in [3.63, 3.8) is 0 Å². The smallest absolute Gasteiger partial charge is 0.254 e. The third kappa shape index (κ3) is 6.33. The highest BCUT2D eigenvalue weighted by Gasteiger charge is 2.31. The van der Waals surface area contributed by atoms with Crippen molar-refractivity contribution in [1.29, 1.82) is 0 Å². The van der Waals surface area contributed by atoms with E-state index in [-0.39, 0.29) is 42.3 Å². The molecule has 1 aromatic carbocycles. The zero-order chi connectivity index (χ0) is 27.5. The molecule has 208 valence electrons. The third-order valence-electron chi connectivity index (χ3n) is 7.89. The molecule has 11 heteroatoms. The summed E-state index contributed by atoms with van der Waals surface area (Å²) in [5, 5.41) is 6.80. The summed E-state index contributed by atoms with van der Waals surface area (Å²) in [6.45, 7) is 6.71. The molecule has 2 atom stereocenters. The lowest BCUT2D eigenvalue weighted by Gasteiger charge is -2.35. The molecule has 3 amide bonds. The number of halogens is 1. The van der Waals surface area contributed by atoms with Gasteiger partial charge in [-0.3, -0.25) is 14.4 Å². The fourth-order valence-electron chi connectivity index (χ4n) is 5.59. The van der Waals surface area contributed by atoms with Crippen molar-refractivity contribution < 1.29 is 19.1 Å². The van der Waals surface area contributed by atoms with Gasteiger partial charge in [-0.1, -0.05) is 23.7 Å². The molecule has 0 saturated carbocycles. The first-order valence-corrected chi connectivity index (χ1v) is 14.0. The number of anilines is 1. The van der Waals surface area contributed by atoms with E-state index in [1.807, 2.05) is 24.0 Å². The molecule has 0 bridgehead atoms. The second kappa shape index (κ2) is 11.9. The number of fused-ring (bicyclic) bond motifs is 1. The standard InChI is InChI=1S/C28H35ClN6O4/c1-17(20-4-3-9-34(14-20)18(2)36)31-25(37)16-35-15-21-6-5-19(12-23(21)27(35)38)26-24(29)13-30-28(33-26)32-22-7-10-39-11-8-22/h5-6,12-13,17,20,22H,3-4,7-11,14-16H2,1-2H3,(H,31,37)(H,30,32,33)/t17-,20+/m1/s1. The van der Waals surface area contributed by atoms with E-state index in [0.29, 0.717) is 48.5 Å². The molecule has 2 fully saturated rings. The van der Waals surface area contributed by atoms with Crippen LogP contribution in [0.15, 0.2) is 24.4 Å². The Labute approximate surface area is 233 Å². The molecule has 4 heterocycles. The second-order valence-electron chi connectivity index (χ2n) is 10.7. The van der Waals surface area contributed by atoms with E-state index in [0.717, 1.165) is 43.4 Å². The van der Waals surface area contributed by atoms with E-state index in [2.05, 4.69) is 20.6 Å². The molecule has 0 unspecified atom stereocenters. The molecule has 2 aromatic rings. The number of rotatable bonds is 7. The Morgan fingerprint density at radius 1 is 1.23 bits per heavy atom. The SMILES string of the molecule is CC(=O)N1CCC[C@H]([C@@H](C)NC(=O)CN2Cc3ccc(-c4nc(NC5CCOCC5)ncc4Cl)cc3C2=O)C1. The van der Waals surface area contributed by atoms with Crippen molar-refractivity contribution in [2.75, 3.05) is 38.2 Å².